The summed E-state index contributed by atoms with van der Waals surface area (Å²) in [6, 6.07) is 15.7. The molecule has 6 heteroatoms. The number of allylic oxidation sites excluding steroid dienone is 3. The van der Waals surface area contributed by atoms with Crippen molar-refractivity contribution in [2.75, 3.05) is 19.0 Å². The van der Waals surface area contributed by atoms with Crippen LogP contribution in [0.25, 0.3) is 0 Å². The predicted molar refractivity (Wildman–Crippen MR) is 149 cm³/mol. The third-order valence-corrected chi connectivity index (χ3v) is 9.00. The highest BCUT2D eigenvalue weighted by atomic mass is 16.5. The lowest BCUT2D eigenvalue weighted by Gasteiger charge is -2.44. The van der Waals surface area contributed by atoms with E-state index in [2.05, 4.69) is 52.0 Å². The number of methoxy groups -OCH3 is 1. The molecule has 2 N–H and O–H groups in total. The molecule has 2 aromatic carbocycles. The van der Waals surface area contributed by atoms with Crippen LogP contribution in [0.2, 0.25) is 0 Å². The molecule has 2 aromatic rings. The molecule has 1 unspecified atom stereocenters. The number of nitrogens with zero attached hydrogens (tertiary/aromatic N) is 1. The van der Waals surface area contributed by atoms with E-state index in [4.69, 9.17) is 4.74 Å². The molecule has 2 aliphatic heterocycles. The Morgan fingerprint density at radius 1 is 1.03 bits per heavy atom. The molecule has 2 fully saturated rings. The number of ether oxygens (including phenoxy) is 1. The van der Waals surface area contributed by atoms with Crippen LogP contribution in [0.3, 0.4) is 0 Å². The van der Waals surface area contributed by atoms with E-state index in [-0.39, 0.29) is 35.9 Å². The molecule has 2 heterocycles. The SMILES string of the molecule is COc1ccc2c(c1)N[C@@H](C1C=CC=CC1)[C@H]1CCN(C(=O)[C@H]3CCCC[C@H]3NC(=O)c3ccccc3)[C@@H]21. The number of benzene rings is 2. The zero-order valence-corrected chi connectivity index (χ0v) is 22.0. The van der Waals surface area contributed by atoms with Crippen molar-refractivity contribution in [1.82, 2.24) is 10.2 Å². The molecule has 0 bridgehead atoms. The van der Waals surface area contributed by atoms with Crippen LogP contribution in [0.15, 0.2) is 72.8 Å². The van der Waals surface area contributed by atoms with E-state index in [1.165, 1.54) is 5.56 Å². The van der Waals surface area contributed by atoms with Gasteiger partial charge in [0.2, 0.25) is 5.91 Å². The number of nitrogens with one attached hydrogen (secondary N) is 2. The second kappa shape index (κ2) is 10.7. The normalized spacial score (nSPS) is 29.7. The van der Waals surface area contributed by atoms with E-state index in [1.807, 2.05) is 36.4 Å². The maximum atomic E-state index is 14.3. The number of fused-ring (bicyclic) bond motifs is 3. The molecular weight excluding hydrogens is 474 g/mol. The van der Waals surface area contributed by atoms with Crippen molar-refractivity contribution in [3.8, 4) is 5.75 Å². The molecule has 4 aliphatic rings. The van der Waals surface area contributed by atoms with Crippen molar-refractivity contribution >= 4 is 17.5 Å². The quantitative estimate of drug-likeness (QED) is 0.556. The zero-order chi connectivity index (χ0) is 26.1. The fourth-order valence-corrected chi connectivity index (χ4v) is 7.11. The summed E-state index contributed by atoms with van der Waals surface area (Å²) in [5.41, 5.74) is 2.88. The number of hydrogen-bond donors (Lipinski definition) is 2. The number of carbonyl (C=O) groups is 2. The van der Waals surface area contributed by atoms with Crippen LogP contribution >= 0.6 is 0 Å². The van der Waals surface area contributed by atoms with Crippen LogP contribution in [0.4, 0.5) is 5.69 Å². The number of carbonyl (C=O) groups excluding carboxylic acids is 2. The van der Waals surface area contributed by atoms with Crippen molar-refractivity contribution in [2.45, 2.75) is 56.7 Å². The molecule has 198 valence electrons. The summed E-state index contributed by atoms with van der Waals surface area (Å²) in [4.78, 5) is 29.5. The minimum absolute atomic E-state index is 0.0290. The molecule has 38 heavy (non-hydrogen) atoms. The summed E-state index contributed by atoms with van der Waals surface area (Å²) in [5, 5.41) is 7.07. The second-order valence-corrected chi connectivity index (χ2v) is 11.1. The van der Waals surface area contributed by atoms with E-state index in [9.17, 15) is 9.59 Å². The van der Waals surface area contributed by atoms with Gasteiger partial charge in [-0.05, 0) is 49.4 Å². The molecule has 1 saturated heterocycles. The molecule has 2 amide bonds. The third-order valence-electron chi connectivity index (χ3n) is 9.00. The van der Waals surface area contributed by atoms with Crippen molar-refractivity contribution in [1.29, 1.82) is 0 Å². The fourth-order valence-electron chi connectivity index (χ4n) is 7.11. The van der Waals surface area contributed by atoms with Crippen molar-refractivity contribution in [2.24, 2.45) is 17.8 Å². The third kappa shape index (κ3) is 4.61. The maximum absolute atomic E-state index is 14.3. The molecule has 0 aromatic heterocycles. The minimum atomic E-state index is -0.192. The van der Waals surface area contributed by atoms with Gasteiger partial charge < -0.3 is 20.3 Å². The molecule has 0 radical (unpaired) electrons. The molecule has 2 aliphatic carbocycles. The Kier molecular flexibility index (Phi) is 6.96. The van der Waals surface area contributed by atoms with Crippen molar-refractivity contribution in [3.05, 3.63) is 84.0 Å². The smallest absolute Gasteiger partial charge is 0.251 e. The van der Waals surface area contributed by atoms with Gasteiger partial charge in [0, 0.05) is 47.8 Å². The number of amides is 2. The van der Waals surface area contributed by atoms with Crippen LogP contribution in [-0.2, 0) is 4.79 Å². The highest BCUT2D eigenvalue weighted by Gasteiger charge is 2.49. The Bertz CT molecular complexity index is 1240. The highest BCUT2D eigenvalue weighted by Crippen LogP contribution is 2.50. The average Bonchev–Trinajstić information content (AvgIpc) is 3.43. The lowest BCUT2D eigenvalue weighted by molar-refractivity contribution is -0.139. The van der Waals surface area contributed by atoms with Gasteiger partial charge in [0.15, 0.2) is 0 Å². The van der Waals surface area contributed by atoms with Crippen LogP contribution < -0.4 is 15.4 Å². The molecule has 6 atom stereocenters. The van der Waals surface area contributed by atoms with Gasteiger partial charge in [0.05, 0.1) is 19.1 Å². The van der Waals surface area contributed by atoms with Gasteiger partial charge in [0.1, 0.15) is 5.75 Å². The van der Waals surface area contributed by atoms with Crippen molar-refractivity contribution in [3.63, 3.8) is 0 Å². The topological polar surface area (TPSA) is 70.7 Å². The first-order valence-corrected chi connectivity index (χ1v) is 14.1. The van der Waals surface area contributed by atoms with Crippen LogP contribution in [-0.4, -0.2) is 42.5 Å². The Hall–Kier alpha value is -3.54. The largest absolute Gasteiger partial charge is 0.497 e. The molecule has 6 nitrogen and oxygen atoms in total. The summed E-state index contributed by atoms with van der Waals surface area (Å²) in [7, 11) is 1.69. The number of rotatable bonds is 5. The predicted octanol–water partition coefficient (Wildman–Crippen LogP) is 5.50. The van der Waals surface area contributed by atoms with Gasteiger partial charge in [-0.2, -0.15) is 0 Å². The van der Waals surface area contributed by atoms with Crippen molar-refractivity contribution < 1.29 is 14.3 Å². The van der Waals surface area contributed by atoms with Gasteiger partial charge in [0.25, 0.3) is 5.91 Å². The van der Waals surface area contributed by atoms with E-state index < -0.39 is 0 Å². The number of likely N-dealkylation sites (tertiary alicyclic amines) is 1. The fraction of sp³-hybridized carbons (Fsp3) is 0.438. The van der Waals surface area contributed by atoms with Gasteiger partial charge in [-0.3, -0.25) is 9.59 Å². The van der Waals surface area contributed by atoms with E-state index in [1.54, 1.807) is 7.11 Å². The summed E-state index contributed by atoms with van der Waals surface area (Å²) in [6.07, 6.45) is 14.5. The Morgan fingerprint density at radius 2 is 1.87 bits per heavy atom. The van der Waals surface area contributed by atoms with E-state index >= 15 is 0 Å². The first-order valence-electron chi connectivity index (χ1n) is 14.1. The standard InChI is InChI=1S/C32H37N3O3/c1-38-23-16-17-24-28(20-23)33-29(21-10-4-2-5-11-21)26-18-19-35(30(24)26)32(37)25-14-8-9-15-27(25)34-31(36)22-12-6-3-7-13-22/h2-7,10,12-13,16-17,20-21,25-27,29-30,33H,8-9,11,14-15,18-19H2,1H3,(H,34,36)/t21?,25-,26+,27+,29-,30-/m0/s1. The summed E-state index contributed by atoms with van der Waals surface area (Å²) in [5.74, 6) is 1.45. The Balaban J connectivity index is 1.28. The number of anilines is 1. The lowest BCUT2D eigenvalue weighted by atomic mass is 9.75. The van der Waals surface area contributed by atoms with Gasteiger partial charge in [-0.15, -0.1) is 0 Å². The van der Waals surface area contributed by atoms with E-state index in [0.29, 0.717) is 17.4 Å². The Labute approximate surface area is 225 Å². The van der Waals surface area contributed by atoms with E-state index in [0.717, 1.165) is 56.5 Å². The minimum Gasteiger partial charge on any atom is -0.497 e. The summed E-state index contributed by atoms with van der Waals surface area (Å²) >= 11 is 0. The molecule has 1 saturated carbocycles. The highest BCUT2D eigenvalue weighted by molar-refractivity contribution is 5.95. The maximum Gasteiger partial charge on any atom is 0.251 e. The Morgan fingerprint density at radius 3 is 2.66 bits per heavy atom. The number of hydrogen-bond acceptors (Lipinski definition) is 4. The average molecular weight is 512 g/mol. The van der Waals surface area contributed by atoms with Crippen LogP contribution in [0.5, 0.6) is 5.75 Å². The van der Waals surface area contributed by atoms with Gasteiger partial charge in [-0.1, -0.05) is 61.4 Å². The second-order valence-electron chi connectivity index (χ2n) is 11.1. The van der Waals surface area contributed by atoms with Gasteiger partial charge >= 0.3 is 0 Å². The first-order chi connectivity index (χ1) is 18.6. The van der Waals surface area contributed by atoms with Crippen LogP contribution in [0, 0.1) is 17.8 Å². The zero-order valence-electron chi connectivity index (χ0n) is 22.0. The van der Waals surface area contributed by atoms with Crippen LogP contribution in [0.1, 0.15) is 60.5 Å². The molecular formula is C32H37N3O3. The first kappa shape index (κ1) is 24.8. The molecule has 0 spiro atoms. The lowest BCUT2D eigenvalue weighted by Crippen LogP contribution is -2.51. The monoisotopic (exact) mass is 511 g/mol. The summed E-state index contributed by atoms with van der Waals surface area (Å²) < 4.78 is 5.54. The molecule has 6 rings (SSSR count). The summed E-state index contributed by atoms with van der Waals surface area (Å²) in [6.45, 7) is 0.750. The van der Waals surface area contributed by atoms with Gasteiger partial charge in [-0.25, -0.2) is 0 Å².